The van der Waals surface area contributed by atoms with E-state index in [1.165, 1.54) is 0 Å². The first-order valence-electron chi connectivity index (χ1n) is 7.27. The van der Waals surface area contributed by atoms with Crippen LogP contribution in [0.4, 0.5) is 0 Å². The Morgan fingerprint density at radius 1 is 0.889 bits per heavy atom. The SMILES string of the molecule is OC[C@H]1C[C@H]2C[C@@H](CO)[C@H]3[C@H]4CO[C@@H](O)[C@H]4[C@@H]1[C@@H]23. The van der Waals surface area contributed by atoms with Crippen LogP contribution in [0, 0.1) is 47.3 Å². The number of aliphatic hydroxyl groups excluding tert-OH is 3. The molecule has 0 bridgehead atoms. The second-order valence-corrected chi connectivity index (χ2v) is 6.81. The Morgan fingerprint density at radius 2 is 1.56 bits per heavy atom. The average Bonchev–Trinajstić information content (AvgIpc) is 3.04. The molecule has 102 valence electrons. The van der Waals surface area contributed by atoms with Crippen LogP contribution in [-0.2, 0) is 4.74 Å². The topological polar surface area (TPSA) is 69.9 Å². The van der Waals surface area contributed by atoms with Crippen molar-refractivity contribution in [2.24, 2.45) is 47.3 Å². The van der Waals surface area contributed by atoms with Crippen molar-refractivity contribution in [3.63, 3.8) is 0 Å². The van der Waals surface area contributed by atoms with Gasteiger partial charge >= 0.3 is 0 Å². The molecule has 0 aromatic carbocycles. The predicted molar refractivity (Wildman–Crippen MR) is 63.3 cm³/mol. The molecule has 0 amide bonds. The highest BCUT2D eigenvalue weighted by Crippen LogP contribution is 2.68. The molecule has 3 aliphatic carbocycles. The van der Waals surface area contributed by atoms with E-state index in [1.54, 1.807) is 0 Å². The van der Waals surface area contributed by atoms with Crippen LogP contribution in [0.5, 0.6) is 0 Å². The van der Waals surface area contributed by atoms with Crippen LogP contribution in [0.1, 0.15) is 12.8 Å². The van der Waals surface area contributed by atoms with Crippen LogP contribution in [0.3, 0.4) is 0 Å². The van der Waals surface area contributed by atoms with Gasteiger partial charge in [-0.2, -0.15) is 0 Å². The van der Waals surface area contributed by atoms with Gasteiger partial charge in [-0.3, -0.25) is 0 Å². The van der Waals surface area contributed by atoms with Crippen LogP contribution in [0.25, 0.3) is 0 Å². The lowest BCUT2D eigenvalue weighted by Crippen LogP contribution is -2.29. The van der Waals surface area contributed by atoms with Gasteiger partial charge in [0.15, 0.2) is 6.29 Å². The van der Waals surface area contributed by atoms with Gasteiger partial charge in [0.05, 0.1) is 6.61 Å². The molecule has 3 N–H and O–H groups in total. The highest BCUT2D eigenvalue weighted by atomic mass is 16.6. The van der Waals surface area contributed by atoms with Crippen LogP contribution >= 0.6 is 0 Å². The van der Waals surface area contributed by atoms with Crippen molar-refractivity contribution in [2.45, 2.75) is 19.1 Å². The third kappa shape index (κ3) is 1.25. The number of fused-ring (bicyclic) bond motifs is 3. The summed E-state index contributed by atoms with van der Waals surface area (Å²) in [4.78, 5) is 0. The average molecular weight is 254 g/mol. The van der Waals surface area contributed by atoms with Crippen molar-refractivity contribution >= 4 is 0 Å². The Balaban J connectivity index is 1.72. The minimum Gasteiger partial charge on any atom is -0.396 e. The number of rotatable bonds is 2. The van der Waals surface area contributed by atoms with Gasteiger partial charge in [0.1, 0.15) is 0 Å². The zero-order chi connectivity index (χ0) is 12.4. The van der Waals surface area contributed by atoms with Crippen molar-refractivity contribution in [1.29, 1.82) is 0 Å². The standard InChI is InChI=1S/C14H22O4/c15-3-7-1-6-2-8(4-16)12-11(6)10(7)9-5-18-14(17)13(9)12/h6-17H,1-5H2/t6-,7+,8-,9-,10+,11+,12+,13-,14-/m1/s1. The summed E-state index contributed by atoms with van der Waals surface area (Å²) in [6, 6.07) is 0. The Hall–Kier alpha value is -0.160. The van der Waals surface area contributed by atoms with Crippen molar-refractivity contribution in [3.8, 4) is 0 Å². The van der Waals surface area contributed by atoms with Crippen LogP contribution in [0.2, 0.25) is 0 Å². The quantitative estimate of drug-likeness (QED) is 0.652. The summed E-state index contributed by atoms with van der Waals surface area (Å²) in [7, 11) is 0. The largest absolute Gasteiger partial charge is 0.396 e. The van der Waals surface area contributed by atoms with Gasteiger partial charge in [-0.15, -0.1) is 0 Å². The molecule has 4 rings (SSSR count). The van der Waals surface area contributed by atoms with E-state index in [0.717, 1.165) is 12.8 Å². The van der Waals surface area contributed by atoms with Crippen LogP contribution in [0.15, 0.2) is 0 Å². The fourth-order valence-corrected chi connectivity index (χ4v) is 6.10. The summed E-state index contributed by atoms with van der Waals surface area (Å²) in [5, 5.41) is 29.3. The van der Waals surface area contributed by atoms with E-state index in [9.17, 15) is 15.3 Å². The fraction of sp³-hybridized carbons (Fsp3) is 1.00. The lowest BCUT2D eigenvalue weighted by molar-refractivity contribution is -0.0999. The molecule has 0 spiro atoms. The zero-order valence-corrected chi connectivity index (χ0v) is 10.5. The molecule has 0 radical (unpaired) electrons. The van der Waals surface area contributed by atoms with E-state index < -0.39 is 6.29 Å². The predicted octanol–water partition coefficient (Wildman–Crippen LogP) is 0.0702. The summed E-state index contributed by atoms with van der Waals surface area (Å²) in [5.41, 5.74) is 0. The molecule has 4 nitrogen and oxygen atoms in total. The van der Waals surface area contributed by atoms with Crippen molar-refractivity contribution in [2.75, 3.05) is 19.8 Å². The molecule has 0 aromatic heterocycles. The van der Waals surface area contributed by atoms with Gasteiger partial charge in [-0.25, -0.2) is 0 Å². The summed E-state index contributed by atoms with van der Waals surface area (Å²) >= 11 is 0. The summed E-state index contributed by atoms with van der Waals surface area (Å²) in [5.74, 6) is 3.57. The number of hydrogen-bond acceptors (Lipinski definition) is 4. The second-order valence-electron chi connectivity index (χ2n) is 6.81. The minimum absolute atomic E-state index is 0.205. The van der Waals surface area contributed by atoms with E-state index in [-0.39, 0.29) is 19.1 Å². The summed E-state index contributed by atoms with van der Waals surface area (Å²) in [6.07, 6.45) is 1.55. The number of hydrogen-bond donors (Lipinski definition) is 3. The van der Waals surface area contributed by atoms with E-state index >= 15 is 0 Å². The Kier molecular flexibility index (Phi) is 2.54. The highest BCUT2D eigenvalue weighted by Gasteiger charge is 2.67. The molecule has 4 heteroatoms. The monoisotopic (exact) mass is 254 g/mol. The first-order valence-corrected chi connectivity index (χ1v) is 7.27. The van der Waals surface area contributed by atoms with E-state index in [1.807, 2.05) is 0 Å². The lowest BCUT2D eigenvalue weighted by Gasteiger charge is -2.25. The molecule has 1 heterocycles. The van der Waals surface area contributed by atoms with Gasteiger partial charge in [0.2, 0.25) is 0 Å². The highest BCUT2D eigenvalue weighted by molar-refractivity contribution is 5.13. The molecule has 0 aromatic rings. The van der Waals surface area contributed by atoms with Crippen molar-refractivity contribution in [3.05, 3.63) is 0 Å². The Bertz CT molecular complexity index is 347. The molecule has 4 aliphatic rings. The molecular weight excluding hydrogens is 232 g/mol. The molecular formula is C14H22O4. The fourth-order valence-electron chi connectivity index (χ4n) is 6.10. The van der Waals surface area contributed by atoms with E-state index in [2.05, 4.69) is 0 Å². The first-order chi connectivity index (χ1) is 8.76. The maximum atomic E-state index is 10.1. The molecule has 3 saturated carbocycles. The maximum absolute atomic E-state index is 10.1. The number of aliphatic hydroxyl groups is 3. The van der Waals surface area contributed by atoms with Crippen molar-refractivity contribution < 1.29 is 20.1 Å². The Labute approximate surface area is 107 Å². The molecule has 1 aliphatic heterocycles. The Morgan fingerprint density at radius 3 is 2.22 bits per heavy atom. The minimum atomic E-state index is -0.641. The maximum Gasteiger partial charge on any atom is 0.158 e. The first kappa shape index (κ1) is 11.6. The zero-order valence-electron chi connectivity index (χ0n) is 10.5. The molecule has 1 saturated heterocycles. The third-order valence-corrected chi connectivity index (χ3v) is 6.42. The number of ether oxygens (including phenoxy) is 1. The molecule has 4 fully saturated rings. The van der Waals surface area contributed by atoms with Crippen LogP contribution in [-0.4, -0.2) is 41.4 Å². The lowest BCUT2D eigenvalue weighted by atomic mass is 9.82. The van der Waals surface area contributed by atoms with Gasteiger partial charge in [0.25, 0.3) is 0 Å². The molecule has 0 unspecified atom stereocenters. The normalized spacial score (nSPS) is 61.2. The van der Waals surface area contributed by atoms with Crippen LogP contribution < -0.4 is 0 Å². The second kappa shape index (κ2) is 3.92. The summed E-state index contributed by atoms with van der Waals surface area (Å²) < 4.78 is 5.46. The smallest absolute Gasteiger partial charge is 0.158 e. The molecule has 18 heavy (non-hydrogen) atoms. The van der Waals surface area contributed by atoms with Gasteiger partial charge < -0.3 is 20.1 Å². The third-order valence-electron chi connectivity index (χ3n) is 6.42. The molecule has 9 atom stereocenters. The van der Waals surface area contributed by atoms with E-state index in [4.69, 9.17) is 4.74 Å². The van der Waals surface area contributed by atoms with Gasteiger partial charge in [0, 0.05) is 19.1 Å². The van der Waals surface area contributed by atoms with Gasteiger partial charge in [-0.05, 0) is 54.3 Å². The van der Waals surface area contributed by atoms with E-state index in [0.29, 0.717) is 48.0 Å². The van der Waals surface area contributed by atoms with Crippen molar-refractivity contribution in [1.82, 2.24) is 0 Å². The summed E-state index contributed by atoms with van der Waals surface area (Å²) in [6.45, 7) is 1.16. The van der Waals surface area contributed by atoms with Gasteiger partial charge in [-0.1, -0.05) is 0 Å².